The van der Waals surface area contributed by atoms with Gasteiger partial charge in [0.25, 0.3) is 0 Å². The Kier molecular flexibility index (Phi) is 4.29. The standard InChI is InChI=1S/C21H22N2O3/c1-4-23-13-18(17-10-9-16(25-3)11-20(17)23)19-12-21(26-22-19)14-5-7-15(24-2)8-6-14/h5-11,13,21H,4,12H2,1-3H3. The van der Waals surface area contributed by atoms with Gasteiger partial charge in [-0.2, -0.15) is 0 Å². The van der Waals surface area contributed by atoms with Gasteiger partial charge in [0.2, 0.25) is 0 Å². The van der Waals surface area contributed by atoms with Crippen molar-refractivity contribution in [3.05, 3.63) is 59.8 Å². The van der Waals surface area contributed by atoms with E-state index in [9.17, 15) is 0 Å². The number of nitrogens with zero attached hydrogens (tertiary/aromatic N) is 2. The summed E-state index contributed by atoms with van der Waals surface area (Å²) in [5.41, 5.74) is 4.36. The molecule has 1 aliphatic rings. The van der Waals surface area contributed by atoms with E-state index in [2.05, 4.69) is 35.0 Å². The van der Waals surface area contributed by atoms with Crippen LogP contribution in [0.5, 0.6) is 11.5 Å². The fourth-order valence-corrected chi connectivity index (χ4v) is 3.42. The van der Waals surface area contributed by atoms with Crippen LogP contribution in [-0.4, -0.2) is 24.5 Å². The predicted octanol–water partition coefficient (Wildman–Crippen LogP) is 4.54. The lowest BCUT2D eigenvalue weighted by Crippen LogP contribution is -2.01. The average molecular weight is 350 g/mol. The van der Waals surface area contributed by atoms with Crippen molar-refractivity contribution in [3.63, 3.8) is 0 Å². The first-order valence-electron chi connectivity index (χ1n) is 8.77. The summed E-state index contributed by atoms with van der Waals surface area (Å²) in [5.74, 6) is 1.70. The molecule has 0 bridgehead atoms. The second-order valence-corrected chi connectivity index (χ2v) is 6.32. The number of aryl methyl sites for hydroxylation is 1. The zero-order chi connectivity index (χ0) is 18.1. The van der Waals surface area contributed by atoms with Gasteiger partial charge in [-0.3, -0.25) is 0 Å². The first-order chi connectivity index (χ1) is 12.7. The molecule has 4 rings (SSSR count). The fourth-order valence-electron chi connectivity index (χ4n) is 3.42. The van der Waals surface area contributed by atoms with E-state index in [1.165, 1.54) is 5.39 Å². The largest absolute Gasteiger partial charge is 0.497 e. The van der Waals surface area contributed by atoms with Crippen LogP contribution in [-0.2, 0) is 11.4 Å². The molecule has 5 nitrogen and oxygen atoms in total. The SMILES string of the molecule is CCn1cc(C2=NOC(c3ccc(OC)cc3)C2)c2ccc(OC)cc21. The Bertz CT molecular complexity index is 957. The van der Waals surface area contributed by atoms with Gasteiger partial charge in [0, 0.05) is 36.2 Å². The van der Waals surface area contributed by atoms with Crippen molar-refractivity contribution in [2.45, 2.75) is 26.0 Å². The molecule has 1 atom stereocenters. The van der Waals surface area contributed by atoms with Gasteiger partial charge < -0.3 is 18.9 Å². The maximum atomic E-state index is 5.73. The van der Waals surface area contributed by atoms with Gasteiger partial charge in [-0.25, -0.2) is 0 Å². The molecule has 2 aromatic carbocycles. The van der Waals surface area contributed by atoms with Gasteiger partial charge in [0.1, 0.15) is 11.5 Å². The van der Waals surface area contributed by atoms with E-state index in [1.54, 1.807) is 14.2 Å². The molecule has 5 heteroatoms. The summed E-state index contributed by atoms with van der Waals surface area (Å²) < 4.78 is 12.8. The molecule has 0 fully saturated rings. The molecule has 1 aromatic heterocycles. The Balaban J connectivity index is 1.64. The highest BCUT2D eigenvalue weighted by atomic mass is 16.6. The molecule has 2 heterocycles. The van der Waals surface area contributed by atoms with E-state index < -0.39 is 0 Å². The second kappa shape index (κ2) is 6.75. The number of rotatable bonds is 5. The summed E-state index contributed by atoms with van der Waals surface area (Å²) in [7, 11) is 3.36. The summed E-state index contributed by atoms with van der Waals surface area (Å²) in [4.78, 5) is 5.73. The van der Waals surface area contributed by atoms with Crippen LogP contribution in [0.1, 0.15) is 30.6 Å². The van der Waals surface area contributed by atoms with Crippen LogP contribution in [0.25, 0.3) is 10.9 Å². The topological polar surface area (TPSA) is 45.0 Å². The molecular weight excluding hydrogens is 328 g/mol. The molecule has 0 spiro atoms. The Labute approximate surface area is 152 Å². The number of hydrogen-bond donors (Lipinski definition) is 0. The number of oxime groups is 1. The summed E-state index contributed by atoms with van der Waals surface area (Å²) in [6.45, 7) is 3.02. The Morgan fingerprint density at radius 1 is 1.08 bits per heavy atom. The number of hydrogen-bond acceptors (Lipinski definition) is 4. The van der Waals surface area contributed by atoms with Gasteiger partial charge in [-0.15, -0.1) is 0 Å². The first kappa shape index (κ1) is 16.5. The van der Waals surface area contributed by atoms with Crippen LogP contribution in [0.15, 0.2) is 53.8 Å². The molecular formula is C21H22N2O3. The monoisotopic (exact) mass is 350 g/mol. The van der Waals surface area contributed by atoms with Crippen molar-refractivity contribution in [2.24, 2.45) is 5.16 Å². The second-order valence-electron chi connectivity index (χ2n) is 6.32. The quantitative estimate of drug-likeness (QED) is 0.678. The Hall–Kier alpha value is -2.95. The highest BCUT2D eigenvalue weighted by Crippen LogP contribution is 2.34. The Morgan fingerprint density at radius 3 is 2.50 bits per heavy atom. The van der Waals surface area contributed by atoms with Crippen molar-refractivity contribution < 1.29 is 14.3 Å². The summed E-state index contributed by atoms with van der Waals surface area (Å²) in [5, 5.41) is 5.56. The lowest BCUT2D eigenvalue weighted by molar-refractivity contribution is 0.0857. The molecule has 1 aliphatic heterocycles. The molecule has 0 N–H and O–H groups in total. The molecule has 3 aromatic rings. The highest BCUT2D eigenvalue weighted by molar-refractivity contribution is 6.11. The number of fused-ring (bicyclic) bond motifs is 1. The van der Waals surface area contributed by atoms with Gasteiger partial charge in [0.15, 0.2) is 6.10 Å². The van der Waals surface area contributed by atoms with E-state index in [0.29, 0.717) is 0 Å². The minimum atomic E-state index is -0.0609. The summed E-state index contributed by atoms with van der Waals surface area (Å²) >= 11 is 0. The minimum Gasteiger partial charge on any atom is -0.497 e. The minimum absolute atomic E-state index is 0.0609. The Morgan fingerprint density at radius 2 is 1.81 bits per heavy atom. The van der Waals surface area contributed by atoms with Crippen LogP contribution in [0, 0.1) is 0 Å². The number of methoxy groups -OCH3 is 2. The van der Waals surface area contributed by atoms with E-state index in [0.717, 1.165) is 46.8 Å². The van der Waals surface area contributed by atoms with Gasteiger partial charge in [-0.05, 0) is 36.8 Å². The third kappa shape index (κ3) is 2.79. The summed E-state index contributed by atoms with van der Waals surface area (Å²) in [6.07, 6.45) is 2.85. The van der Waals surface area contributed by atoms with Crippen LogP contribution in [0.2, 0.25) is 0 Å². The van der Waals surface area contributed by atoms with Crippen LogP contribution in [0.4, 0.5) is 0 Å². The molecule has 0 saturated carbocycles. The van der Waals surface area contributed by atoms with E-state index in [1.807, 2.05) is 30.3 Å². The third-order valence-electron chi connectivity index (χ3n) is 4.90. The summed E-state index contributed by atoms with van der Waals surface area (Å²) in [6, 6.07) is 14.1. The molecule has 0 radical (unpaired) electrons. The van der Waals surface area contributed by atoms with Crippen molar-refractivity contribution in [2.75, 3.05) is 14.2 Å². The lowest BCUT2D eigenvalue weighted by atomic mass is 10.00. The van der Waals surface area contributed by atoms with E-state index in [-0.39, 0.29) is 6.10 Å². The third-order valence-corrected chi connectivity index (χ3v) is 4.90. The number of ether oxygens (including phenoxy) is 2. The van der Waals surface area contributed by atoms with Crippen LogP contribution >= 0.6 is 0 Å². The molecule has 134 valence electrons. The average Bonchev–Trinajstić information content (AvgIpc) is 3.32. The normalized spacial score (nSPS) is 16.4. The molecule has 0 amide bonds. The van der Waals surface area contributed by atoms with Crippen LogP contribution < -0.4 is 9.47 Å². The maximum Gasteiger partial charge on any atom is 0.158 e. The zero-order valence-corrected chi connectivity index (χ0v) is 15.2. The first-order valence-corrected chi connectivity index (χ1v) is 8.77. The van der Waals surface area contributed by atoms with E-state index >= 15 is 0 Å². The molecule has 26 heavy (non-hydrogen) atoms. The molecule has 1 unspecified atom stereocenters. The number of benzene rings is 2. The molecule has 0 aliphatic carbocycles. The lowest BCUT2D eigenvalue weighted by Gasteiger charge is -2.09. The smallest absolute Gasteiger partial charge is 0.158 e. The predicted molar refractivity (Wildman–Crippen MR) is 102 cm³/mol. The van der Waals surface area contributed by atoms with Crippen LogP contribution in [0.3, 0.4) is 0 Å². The maximum absolute atomic E-state index is 5.73. The number of aromatic nitrogens is 1. The fraction of sp³-hybridized carbons (Fsp3) is 0.286. The highest BCUT2D eigenvalue weighted by Gasteiger charge is 2.26. The van der Waals surface area contributed by atoms with Crippen molar-refractivity contribution in [3.8, 4) is 11.5 Å². The van der Waals surface area contributed by atoms with Crippen molar-refractivity contribution in [1.29, 1.82) is 0 Å². The zero-order valence-electron chi connectivity index (χ0n) is 15.2. The van der Waals surface area contributed by atoms with Gasteiger partial charge in [-0.1, -0.05) is 17.3 Å². The van der Waals surface area contributed by atoms with Crippen molar-refractivity contribution in [1.82, 2.24) is 4.57 Å². The van der Waals surface area contributed by atoms with E-state index in [4.69, 9.17) is 14.3 Å². The van der Waals surface area contributed by atoms with Gasteiger partial charge >= 0.3 is 0 Å². The molecule has 0 saturated heterocycles. The van der Waals surface area contributed by atoms with Gasteiger partial charge in [0.05, 0.1) is 25.4 Å². The van der Waals surface area contributed by atoms with Crippen molar-refractivity contribution >= 4 is 16.6 Å².